The molecule has 7 heteroatoms. The van der Waals surface area contributed by atoms with Gasteiger partial charge in [-0.3, -0.25) is 4.79 Å². The van der Waals surface area contributed by atoms with Crippen molar-refractivity contribution in [1.82, 2.24) is 0 Å². The molecule has 0 saturated carbocycles. The zero-order valence-corrected chi connectivity index (χ0v) is 15.8. The maximum absolute atomic E-state index is 12.3. The van der Waals surface area contributed by atoms with Gasteiger partial charge < -0.3 is 14.5 Å². The number of furan rings is 1. The Morgan fingerprint density at radius 3 is 2.33 bits per heavy atom. The van der Waals surface area contributed by atoms with E-state index in [1.807, 2.05) is 6.07 Å². The second kappa shape index (κ2) is 8.29. The summed E-state index contributed by atoms with van der Waals surface area (Å²) in [5.74, 6) is -0.854. The van der Waals surface area contributed by atoms with E-state index in [4.69, 9.17) is 32.4 Å². The van der Waals surface area contributed by atoms with Crippen LogP contribution in [-0.4, -0.2) is 18.0 Å². The highest BCUT2D eigenvalue weighted by atomic mass is 35.5. The molecule has 2 aromatic carbocycles. The van der Waals surface area contributed by atoms with Crippen molar-refractivity contribution in [3.63, 3.8) is 0 Å². The molecule has 0 saturated heterocycles. The van der Waals surface area contributed by atoms with Crippen molar-refractivity contribution >= 4 is 40.8 Å². The highest BCUT2D eigenvalue weighted by molar-refractivity contribution is 6.33. The molecule has 138 valence electrons. The Morgan fingerprint density at radius 2 is 1.63 bits per heavy atom. The number of ether oxygens (including phenoxy) is 1. The second-order valence-corrected chi connectivity index (χ2v) is 6.47. The van der Waals surface area contributed by atoms with E-state index in [-0.39, 0.29) is 5.76 Å². The lowest BCUT2D eigenvalue weighted by molar-refractivity contribution is -0.123. The van der Waals surface area contributed by atoms with E-state index < -0.39 is 18.0 Å². The molecule has 1 aromatic heterocycles. The molecule has 0 fully saturated rings. The summed E-state index contributed by atoms with van der Waals surface area (Å²) in [4.78, 5) is 24.5. The van der Waals surface area contributed by atoms with Crippen molar-refractivity contribution < 1.29 is 18.7 Å². The Kier molecular flexibility index (Phi) is 5.84. The number of anilines is 1. The van der Waals surface area contributed by atoms with Crippen LogP contribution in [0.3, 0.4) is 0 Å². The molecule has 1 heterocycles. The second-order valence-electron chi connectivity index (χ2n) is 5.66. The summed E-state index contributed by atoms with van der Waals surface area (Å²) >= 11 is 12.1. The van der Waals surface area contributed by atoms with Gasteiger partial charge in [-0.05, 0) is 43.3 Å². The maximum Gasteiger partial charge on any atom is 0.375 e. The summed E-state index contributed by atoms with van der Waals surface area (Å²) in [6.45, 7) is 1.46. The first-order valence-corrected chi connectivity index (χ1v) is 8.82. The highest BCUT2D eigenvalue weighted by Gasteiger charge is 2.22. The molecule has 0 aliphatic heterocycles. The van der Waals surface area contributed by atoms with E-state index in [0.29, 0.717) is 27.1 Å². The SMILES string of the molecule is C[C@H](OC(=O)c1ccc(-c2ccccc2Cl)o1)C(=O)Nc1ccccc1Cl. The molecule has 0 bridgehead atoms. The predicted molar refractivity (Wildman–Crippen MR) is 104 cm³/mol. The third-order valence-corrected chi connectivity index (χ3v) is 4.39. The van der Waals surface area contributed by atoms with Crippen LogP contribution in [0.5, 0.6) is 0 Å². The number of para-hydroxylation sites is 1. The van der Waals surface area contributed by atoms with Gasteiger partial charge in [-0.1, -0.05) is 47.5 Å². The van der Waals surface area contributed by atoms with Gasteiger partial charge in [0.25, 0.3) is 5.91 Å². The van der Waals surface area contributed by atoms with Gasteiger partial charge in [0.1, 0.15) is 5.76 Å². The first kappa shape index (κ1) is 19.0. The van der Waals surface area contributed by atoms with Crippen LogP contribution in [0, 0.1) is 0 Å². The van der Waals surface area contributed by atoms with Gasteiger partial charge in [0.2, 0.25) is 5.76 Å². The number of rotatable bonds is 5. The Labute approximate surface area is 165 Å². The minimum atomic E-state index is -1.04. The Hall–Kier alpha value is -2.76. The monoisotopic (exact) mass is 403 g/mol. The van der Waals surface area contributed by atoms with Crippen LogP contribution in [0.15, 0.2) is 65.1 Å². The zero-order chi connectivity index (χ0) is 19.4. The smallest absolute Gasteiger partial charge is 0.375 e. The number of benzene rings is 2. The fourth-order valence-electron chi connectivity index (χ4n) is 2.32. The van der Waals surface area contributed by atoms with Gasteiger partial charge in [0.05, 0.1) is 15.7 Å². The number of hydrogen-bond acceptors (Lipinski definition) is 4. The summed E-state index contributed by atoms with van der Waals surface area (Å²) in [5.41, 5.74) is 1.09. The summed E-state index contributed by atoms with van der Waals surface area (Å²) < 4.78 is 10.7. The van der Waals surface area contributed by atoms with Gasteiger partial charge in [-0.25, -0.2) is 4.79 Å². The normalized spacial score (nSPS) is 11.7. The van der Waals surface area contributed by atoms with Crippen LogP contribution in [-0.2, 0) is 9.53 Å². The molecule has 0 aliphatic carbocycles. The lowest BCUT2D eigenvalue weighted by Crippen LogP contribution is -2.30. The van der Waals surface area contributed by atoms with Crippen molar-refractivity contribution in [3.05, 3.63) is 76.5 Å². The van der Waals surface area contributed by atoms with E-state index in [1.165, 1.54) is 13.0 Å². The van der Waals surface area contributed by atoms with Crippen molar-refractivity contribution in [3.8, 4) is 11.3 Å². The van der Waals surface area contributed by atoms with E-state index >= 15 is 0 Å². The summed E-state index contributed by atoms with van der Waals surface area (Å²) in [6.07, 6.45) is -1.04. The van der Waals surface area contributed by atoms with Crippen LogP contribution in [0.1, 0.15) is 17.5 Å². The van der Waals surface area contributed by atoms with Gasteiger partial charge in [-0.15, -0.1) is 0 Å². The number of halogens is 2. The topological polar surface area (TPSA) is 68.5 Å². The van der Waals surface area contributed by atoms with Crippen LogP contribution in [0.2, 0.25) is 10.0 Å². The van der Waals surface area contributed by atoms with Crippen molar-refractivity contribution in [1.29, 1.82) is 0 Å². The zero-order valence-electron chi connectivity index (χ0n) is 14.2. The van der Waals surface area contributed by atoms with E-state index in [2.05, 4.69) is 5.32 Å². The molecule has 1 amide bonds. The molecular weight excluding hydrogens is 389 g/mol. The van der Waals surface area contributed by atoms with Crippen LogP contribution >= 0.6 is 23.2 Å². The van der Waals surface area contributed by atoms with Gasteiger partial charge in [0, 0.05) is 5.56 Å². The van der Waals surface area contributed by atoms with Crippen LogP contribution in [0.4, 0.5) is 5.69 Å². The summed E-state index contributed by atoms with van der Waals surface area (Å²) in [7, 11) is 0. The number of nitrogens with one attached hydrogen (secondary N) is 1. The van der Waals surface area contributed by atoms with Crippen molar-refractivity contribution in [2.45, 2.75) is 13.0 Å². The number of amides is 1. The van der Waals surface area contributed by atoms with Gasteiger partial charge in [0.15, 0.2) is 6.10 Å². The van der Waals surface area contributed by atoms with E-state index in [1.54, 1.807) is 48.5 Å². The molecule has 1 atom stereocenters. The van der Waals surface area contributed by atoms with Crippen molar-refractivity contribution in [2.24, 2.45) is 0 Å². The fraction of sp³-hybridized carbons (Fsp3) is 0.100. The average molecular weight is 404 g/mol. The Balaban J connectivity index is 1.66. The molecule has 0 unspecified atom stereocenters. The average Bonchev–Trinajstić information content (AvgIpc) is 3.14. The van der Waals surface area contributed by atoms with Crippen LogP contribution in [0.25, 0.3) is 11.3 Å². The molecule has 27 heavy (non-hydrogen) atoms. The number of esters is 1. The third-order valence-electron chi connectivity index (χ3n) is 3.73. The minimum absolute atomic E-state index is 0.0256. The maximum atomic E-state index is 12.3. The van der Waals surface area contributed by atoms with Gasteiger partial charge in [-0.2, -0.15) is 0 Å². The molecule has 3 aromatic rings. The molecule has 1 N–H and O–H groups in total. The minimum Gasteiger partial charge on any atom is -0.449 e. The summed E-state index contributed by atoms with van der Waals surface area (Å²) in [6, 6.07) is 17.0. The molecule has 0 spiro atoms. The van der Waals surface area contributed by atoms with Crippen LogP contribution < -0.4 is 5.32 Å². The van der Waals surface area contributed by atoms with E-state index in [9.17, 15) is 9.59 Å². The van der Waals surface area contributed by atoms with E-state index in [0.717, 1.165) is 0 Å². The standard InChI is InChI=1S/C20H15Cl2NO4/c1-12(19(24)23-16-9-5-4-8-15(16)22)26-20(25)18-11-10-17(27-18)13-6-2-3-7-14(13)21/h2-12H,1H3,(H,23,24)/t12-/m0/s1. The number of carbonyl (C=O) groups excluding carboxylic acids is 2. The molecular formula is C20H15Cl2NO4. The quantitative estimate of drug-likeness (QED) is 0.576. The number of hydrogen-bond donors (Lipinski definition) is 1. The molecule has 0 radical (unpaired) electrons. The Morgan fingerprint density at radius 1 is 0.963 bits per heavy atom. The fourth-order valence-corrected chi connectivity index (χ4v) is 2.73. The van der Waals surface area contributed by atoms with Gasteiger partial charge >= 0.3 is 5.97 Å². The number of carbonyl (C=O) groups is 2. The lowest BCUT2D eigenvalue weighted by Gasteiger charge is -2.13. The largest absolute Gasteiger partial charge is 0.449 e. The first-order chi connectivity index (χ1) is 13.0. The molecule has 3 rings (SSSR count). The highest BCUT2D eigenvalue weighted by Crippen LogP contribution is 2.29. The lowest BCUT2D eigenvalue weighted by atomic mass is 10.2. The molecule has 5 nitrogen and oxygen atoms in total. The third kappa shape index (κ3) is 4.51. The first-order valence-electron chi connectivity index (χ1n) is 8.07. The Bertz CT molecular complexity index is 983. The summed E-state index contributed by atoms with van der Waals surface area (Å²) in [5, 5.41) is 3.50. The molecule has 0 aliphatic rings. The predicted octanol–water partition coefficient (Wildman–Crippen LogP) is 5.44. The van der Waals surface area contributed by atoms with Crippen molar-refractivity contribution in [2.75, 3.05) is 5.32 Å².